The Balaban J connectivity index is 1.24. The van der Waals surface area contributed by atoms with Crippen LogP contribution in [0.1, 0.15) is 77.5 Å². The second-order valence-electron chi connectivity index (χ2n) is 13.4. The number of carbonyl (C=O) groups excluding carboxylic acids is 5. The number of hydrogen-bond donors (Lipinski definition) is 4. The first kappa shape index (κ1) is 39.1. The summed E-state index contributed by atoms with van der Waals surface area (Å²) in [6.45, 7) is 7.08. The molecule has 1 fully saturated rings. The quantitative estimate of drug-likeness (QED) is 0.145. The zero-order valence-corrected chi connectivity index (χ0v) is 31.0. The van der Waals surface area contributed by atoms with Gasteiger partial charge < -0.3 is 25.1 Å². The third-order valence-electron chi connectivity index (χ3n) is 8.91. The molecule has 4 amide bonds. The molecule has 0 saturated carbocycles. The van der Waals surface area contributed by atoms with Gasteiger partial charge in [-0.2, -0.15) is 0 Å². The number of oxazole rings is 1. The molecule has 4 N–H and O–H groups in total. The van der Waals surface area contributed by atoms with E-state index >= 15 is 0 Å². The van der Waals surface area contributed by atoms with Gasteiger partial charge in [-0.3, -0.25) is 24.0 Å². The largest absolute Gasteiger partial charge is 0.434 e. The Morgan fingerprint density at radius 1 is 0.887 bits per heavy atom. The van der Waals surface area contributed by atoms with Crippen molar-refractivity contribution in [1.29, 1.82) is 0 Å². The summed E-state index contributed by atoms with van der Waals surface area (Å²) >= 11 is 5.82. The van der Waals surface area contributed by atoms with Crippen molar-refractivity contribution in [3.8, 4) is 0 Å². The number of aliphatic hydroxyl groups is 1. The second-order valence-corrected chi connectivity index (χ2v) is 15.5. The first-order chi connectivity index (χ1) is 25.1. The van der Waals surface area contributed by atoms with Crippen LogP contribution in [0.3, 0.4) is 0 Å². The maximum atomic E-state index is 13.9. The SMILES string of the molecule is CC(C)[C@H](NC(=O)[C@@H]1CCCN1C(=O)[C@@H](NC(=O)c1ccc(C(=O)NS(=O)(=O)c2ccc(Cl)cc2)cc1)C(C)C)C(=O)c1nc2cc(CO)ccc2o1. The van der Waals surface area contributed by atoms with E-state index in [-0.39, 0.29) is 46.9 Å². The molecule has 0 unspecified atom stereocenters. The number of amides is 4. The lowest BCUT2D eigenvalue weighted by atomic mass is 9.98. The minimum Gasteiger partial charge on any atom is -0.434 e. The number of fused-ring (bicyclic) bond motifs is 1. The van der Waals surface area contributed by atoms with Crippen molar-refractivity contribution in [2.24, 2.45) is 11.8 Å². The molecular weight excluding hydrogens is 726 g/mol. The van der Waals surface area contributed by atoms with Crippen LogP contribution in [0.25, 0.3) is 11.1 Å². The number of aromatic nitrogens is 1. The topological polar surface area (TPSA) is 205 Å². The number of carbonyl (C=O) groups is 5. The van der Waals surface area contributed by atoms with Gasteiger partial charge in [0.2, 0.25) is 17.6 Å². The van der Waals surface area contributed by atoms with Gasteiger partial charge in [-0.1, -0.05) is 45.4 Å². The molecule has 53 heavy (non-hydrogen) atoms. The van der Waals surface area contributed by atoms with Gasteiger partial charge in [0, 0.05) is 22.7 Å². The summed E-state index contributed by atoms with van der Waals surface area (Å²) in [7, 11) is -4.18. The van der Waals surface area contributed by atoms with Crippen LogP contribution in [0.2, 0.25) is 5.02 Å². The van der Waals surface area contributed by atoms with Crippen molar-refractivity contribution in [2.45, 2.75) is 70.2 Å². The lowest BCUT2D eigenvalue weighted by Gasteiger charge is -2.31. The number of halogens is 1. The van der Waals surface area contributed by atoms with Crippen molar-refractivity contribution in [3.05, 3.63) is 94.3 Å². The highest BCUT2D eigenvalue weighted by Gasteiger charge is 2.40. The molecule has 1 saturated heterocycles. The number of hydrogen-bond acceptors (Lipinski definition) is 10. The Kier molecular flexibility index (Phi) is 12.0. The van der Waals surface area contributed by atoms with Gasteiger partial charge in [0.05, 0.1) is 17.5 Å². The summed E-state index contributed by atoms with van der Waals surface area (Å²) in [6, 6.07) is 12.5. The van der Waals surface area contributed by atoms with Gasteiger partial charge >= 0.3 is 0 Å². The number of rotatable bonds is 13. The molecule has 280 valence electrons. The van der Waals surface area contributed by atoms with Crippen LogP contribution in [0, 0.1) is 11.8 Å². The average Bonchev–Trinajstić information content (AvgIpc) is 3.80. The molecule has 1 aromatic heterocycles. The molecule has 1 aliphatic heterocycles. The summed E-state index contributed by atoms with van der Waals surface area (Å²) in [5, 5.41) is 15.3. The maximum Gasteiger partial charge on any atom is 0.266 e. The molecule has 14 nitrogen and oxygen atoms in total. The average molecular weight is 766 g/mol. The van der Waals surface area contributed by atoms with E-state index in [0.717, 1.165) is 0 Å². The van der Waals surface area contributed by atoms with E-state index in [2.05, 4.69) is 15.6 Å². The van der Waals surface area contributed by atoms with E-state index in [9.17, 15) is 37.5 Å². The number of ketones is 1. The van der Waals surface area contributed by atoms with Gasteiger partial charge in [0.1, 0.15) is 17.6 Å². The summed E-state index contributed by atoms with van der Waals surface area (Å²) in [5.74, 6) is -3.98. The van der Waals surface area contributed by atoms with E-state index in [1.807, 2.05) is 4.72 Å². The lowest BCUT2D eigenvalue weighted by molar-refractivity contribution is -0.140. The minimum absolute atomic E-state index is 0.0217. The molecule has 16 heteroatoms. The Morgan fingerprint density at radius 3 is 2.11 bits per heavy atom. The number of Topliss-reactive ketones (excluding diaryl/α,β-unsaturated/α-hetero) is 1. The Hall–Kier alpha value is -5.12. The first-order valence-electron chi connectivity index (χ1n) is 17.0. The van der Waals surface area contributed by atoms with E-state index in [0.29, 0.717) is 34.5 Å². The van der Waals surface area contributed by atoms with Crippen LogP contribution in [0.4, 0.5) is 0 Å². The molecule has 4 aromatic rings. The smallest absolute Gasteiger partial charge is 0.266 e. The minimum atomic E-state index is -4.18. The molecule has 1 aliphatic rings. The predicted octanol–water partition coefficient (Wildman–Crippen LogP) is 3.86. The van der Waals surface area contributed by atoms with Crippen LogP contribution >= 0.6 is 11.6 Å². The third-order valence-corrected chi connectivity index (χ3v) is 10.5. The highest BCUT2D eigenvalue weighted by atomic mass is 35.5. The zero-order chi connectivity index (χ0) is 38.6. The van der Waals surface area contributed by atoms with Crippen LogP contribution < -0.4 is 15.4 Å². The molecule has 0 bridgehead atoms. The van der Waals surface area contributed by atoms with Gasteiger partial charge in [-0.15, -0.1) is 0 Å². The molecule has 0 aliphatic carbocycles. The number of nitrogens with one attached hydrogen (secondary N) is 3. The van der Waals surface area contributed by atoms with Gasteiger partial charge in [0.15, 0.2) is 5.58 Å². The summed E-state index contributed by atoms with van der Waals surface area (Å²) in [5.41, 5.74) is 1.44. The Morgan fingerprint density at radius 2 is 1.51 bits per heavy atom. The van der Waals surface area contributed by atoms with E-state index in [1.54, 1.807) is 45.9 Å². The molecular formula is C37H40ClN5O9S. The summed E-state index contributed by atoms with van der Waals surface area (Å²) < 4.78 is 32.9. The first-order valence-corrected chi connectivity index (χ1v) is 18.8. The van der Waals surface area contributed by atoms with Crippen LogP contribution in [0.15, 0.2) is 76.0 Å². The second kappa shape index (κ2) is 16.3. The van der Waals surface area contributed by atoms with Crippen LogP contribution in [-0.2, 0) is 26.2 Å². The molecule has 2 heterocycles. The van der Waals surface area contributed by atoms with Crippen molar-refractivity contribution >= 4 is 62.1 Å². The predicted molar refractivity (Wildman–Crippen MR) is 194 cm³/mol. The molecule has 0 spiro atoms. The fourth-order valence-electron chi connectivity index (χ4n) is 5.94. The summed E-state index contributed by atoms with van der Waals surface area (Å²) in [4.78, 5) is 72.7. The third kappa shape index (κ3) is 8.92. The molecule has 0 radical (unpaired) electrons. The van der Waals surface area contributed by atoms with Crippen LogP contribution in [0.5, 0.6) is 0 Å². The highest BCUT2D eigenvalue weighted by molar-refractivity contribution is 7.90. The monoisotopic (exact) mass is 765 g/mol. The number of benzene rings is 3. The number of nitrogens with zero attached hydrogens (tertiary/aromatic N) is 2. The molecule has 3 atom stereocenters. The highest BCUT2D eigenvalue weighted by Crippen LogP contribution is 2.24. The standard InChI is InChI=1S/C37H40ClN5O9S/c1-20(2)30(32(45)36-39-27-18-22(19-44)7-16-29(27)52-36)40-35(48)28-6-5-17-43(28)37(49)31(21(3)4)41-33(46)23-8-10-24(11-9-23)34(47)42-53(50,51)26-14-12-25(38)13-15-26/h7-16,18,20-21,28,30-31,44H,5-6,17,19H2,1-4H3,(H,40,48)(H,41,46)(H,42,47)/t28-,30-,31-/m0/s1. The number of aliphatic hydroxyl groups excluding tert-OH is 1. The van der Waals surface area contributed by atoms with E-state index < -0.39 is 57.6 Å². The van der Waals surface area contributed by atoms with Crippen LogP contribution in [-0.4, -0.2) is 77.5 Å². The molecule has 5 rings (SSSR count). The fraction of sp³-hybridized carbons (Fsp3) is 0.351. The Labute approximate surface area is 311 Å². The fourth-order valence-corrected chi connectivity index (χ4v) is 7.04. The van der Waals surface area contributed by atoms with Gasteiger partial charge in [-0.25, -0.2) is 18.1 Å². The summed E-state index contributed by atoms with van der Waals surface area (Å²) in [6.07, 6.45) is 0.873. The normalized spacial score (nSPS) is 15.7. The van der Waals surface area contributed by atoms with E-state index in [4.69, 9.17) is 16.0 Å². The Bertz CT molecular complexity index is 2130. The maximum absolute atomic E-state index is 13.9. The zero-order valence-electron chi connectivity index (χ0n) is 29.5. The van der Waals surface area contributed by atoms with Crippen molar-refractivity contribution in [1.82, 2.24) is 25.2 Å². The van der Waals surface area contributed by atoms with E-state index in [1.165, 1.54) is 53.4 Å². The number of sulfonamides is 1. The van der Waals surface area contributed by atoms with Crippen molar-refractivity contribution < 1.29 is 41.9 Å². The molecule has 3 aromatic carbocycles. The van der Waals surface area contributed by atoms with Gasteiger partial charge in [0.25, 0.3) is 27.7 Å². The van der Waals surface area contributed by atoms with Gasteiger partial charge in [-0.05, 0) is 90.9 Å². The lowest BCUT2D eigenvalue weighted by Crippen LogP contribution is -2.57. The number of likely N-dealkylation sites (tertiary alicyclic amines) is 1. The van der Waals surface area contributed by atoms with Crippen molar-refractivity contribution in [3.63, 3.8) is 0 Å². The van der Waals surface area contributed by atoms with Crippen molar-refractivity contribution in [2.75, 3.05) is 6.54 Å².